The zero-order valence-corrected chi connectivity index (χ0v) is 17.7. The summed E-state index contributed by atoms with van der Waals surface area (Å²) in [4.78, 5) is 19.3. The summed E-state index contributed by atoms with van der Waals surface area (Å²) in [5.41, 5.74) is 11.5. The molecule has 6 heteroatoms. The Hall–Kier alpha value is -3.51. The Kier molecular flexibility index (Phi) is 6.09. The van der Waals surface area contributed by atoms with Crippen molar-refractivity contribution < 1.29 is 4.79 Å². The predicted octanol–water partition coefficient (Wildman–Crippen LogP) is 4.24. The second-order valence-electron chi connectivity index (χ2n) is 8.01. The minimum Gasteiger partial charge on any atom is -0.398 e. The Balaban J connectivity index is 1.48. The first-order valence-electron chi connectivity index (χ1n) is 10.5. The van der Waals surface area contributed by atoms with Crippen LogP contribution in [0.5, 0.6) is 0 Å². The molecule has 1 aliphatic rings. The molecule has 6 nitrogen and oxygen atoms in total. The van der Waals surface area contributed by atoms with E-state index in [0.717, 1.165) is 36.3 Å². The van der Waals surface area contributed by atoms with Crippen LogP contribution in [0.2, 0.25) is 0 Å². The quantitative estimate of drug-likeness (QED) is 0.416. The molecule has 0 atom stereocenters. The van der Waals surface area contributed by atoms with Crippen LogP contribution >= 0.6 is 0 Å². The van der Waals surface area contributed by atoms with Gasteiger partial charge in [-0.1, -0.05) is 18.2 Å². The smallest absolute Gasteiger partial charge is 0.274 e. The number of hydrogen-bond acceptors (Lipinski definition) is 5. The zero-order valence-electron chi connectivity index (χ0n) is 17.7. The van der Waals surface area contributed by atoms with Gasteiger partial charge in [0.25, 0.3) is 5.91 Å². The molecule has 0 bridgehead atoms. The summed E-state index contributed by atoms with van der Waals surface area (Å²) in [5, 5.41) is 11.2. The molecular weight excluding hydrogens is 386 g/mol. The van der Waals surface area contributed by atoms with Gasteiger partial charge in [-0.3, -0.25) is 20.1 Å². The van der Waals surface area contributed by atoms with E-state index in [4.69, 9.17) is 11.1 Å². The highest BCUT2D eigenvalue weighted by Crippen LogP contribution is 2.28. The van der Waals surface area contributed by atoms with Crippen LogP contribution in [0.15, 0.2) is 60.9 Å². The summed E-state index contributed by atoms with van der Waals surface area (Å²) < 4.78 is 0. The molecule has 2 aromatic carbocycles. The summed E-state index contributed by atoms with van der Waals surface area (Å²) in [7, 11) is 0. The Bertz CT molecular complexity index is 1090. The molecule has 0 saturated carbocycles. The molecule has 4 rings (SSSR count). The van der Waals surface area contributed by atoms with Gasteiger partial charge in [-0.05, 0) is 79.9 Å². The standard InChI is InChI=1S/C25H27N5O/c1-17-13-23(26)22(14-21(17)19-5-4-10-28-15-19)24(27)25(31)29-20-8-6-18(7-9-20)16-30-11-2-3-12-30/h4-10,13-15,27H,2-3,11-12,16,26H2,1H3,(H,29,31). The van der Waals surface area contributed by atoms with E-state index >= 15 is 0 Å². The number of aromatic nitrogens is 1. The van der Waals surface area contributed by atoms with Crippen LogP contribution in [-0.4, -0.2) is 34.6 Å². The zero-order chi connectivity index (χ0) is 21.8. The number of nitrogen functional groups attached to an aromatic ring is 1. The lowest BCUT2D eigenvalue weighted by Crippen LogP contribution is -2.24. The van der Waals surface area contributed by atoms with E-state index in [1.54, 1.807) is 24.5 Å². The van der Waals surface area contributed by atoms with Crippen LogP contribution in [-0.2, 0) is 11.3 Å². The number of carbonyl (C=O) groups excluding carboxylic acids is 1. The highest BCUT2D eigenvalue weighted by Gasteiger charge is 2.18. The molecule has 2 heterocycles. The molecule has 0 spiro atoms. The Morgan fingerprint density at radius 3 is 2.58 bits per heavy atom. The number of aryl methyl sites for hydroxylation is 1. The Morgan fingerprint density at radius 2 is 1.90 bits per heavy atom. The highest BCUT2D eigenvalue weighted by molar-refractivity contribution is 6.48. The van der Waals surface area contributed by atoms with Gasteiger partial charge in [0.2, 0.25) is 0 Å². The fraction of sp³-hybridized carbons (Fsp3) is 0.240. The molecule has 1 aliphatic heterocycles. The highest BCUT2D eigenvalue weighted by atomic mass is 16.1. The van der Waals surface area contributed by atoms with Gasteiger partial charge in [0.15, 0.2) is 0 Å². The number of amides is 1. The molecule has 1 saturated heterocycles. The number of carbonyl (C=O) groups is 1. The number of hydrogen-bond donors (Lipinski definition) is 3. The molecule has 158 valence electrons. The van der Waals surface area contributed by atoms with E-state index in [0.29, 0.717) is 16.9 Å². The molecule has 1 aromatic heterocycles. The van der Waals surface area contributed by atoms with Crippen molar-refractivity contribution in [3.05, 3.63) is 77.6 Å². The summed E-state index contributed by atoms with van der Waals surface area (Å²) >= 11 is 0. The van der Waals surface area contributed by atoms with Crippen molar-refractivity contribution in [1.82, 2.24) is 9.88 Å². The van der Waals surface area contributed by atoms with Crippen molar-refractivity contribution in [2.75, 3.05) is 24.1 Å². The van der Waals surface area contributed by atoms with E-state index in [-0.39, 0.29) is 5.71 Å². The second kappa shape index (κ2) is 9.10. The average molecular weight is 414 g/mol. The number of pyridine rings is 1. The molecule has 3 aromatic rings. The van der Waals surface area contributed by atoms with E-state index < -0.39 is 5.91 Å². The number of nitrogens with zero attached hydrogens (tertiary/aromatic N) is 2. The summed E-state index contributed by atoms with van der Waals surface area (Å²) in [6.07, 6.45) is 6.00. The van der Waals surface area contributed by atoms with Crippen LogP contribution in [0.3, 0.4) is 0 Å². The van der Waals surface area contributed by atoms with E-state index in [1.165, 1.54) is 18.4 Å². The third kappa shape index (κ3) is 4.81. The summed E-state index contributed by atoms with van der Waals surface area (Å²) in [5.74, 6) is -0.486. The maximum atomic E-state index is 12.7. The third-order valence-electron chi connectivity index (χ3n) is 5.68. The van der Waals surface area contributed by atoms with Gasteiger partial charge in [-0.15, -0.1) is 0 Å². The second-order valence-corrected chi connectivity index (χ2v) is 8.01. The lowest BCUT2D eigenvalue weighted by Gasteiger charge is -2.15. The number of benzene rings is 2. The number of nitrogens with one attached hydrogen (secondary N) is 2. The largest absolute Gasteiger partial charge is 0.398 e. The van der Waals surface area contributed by atoms with Gasteiger partial charge in [0, 0.05) is 41.4 Å². The van der Waals surface area contributed by atoms with Gasteiger partial charge >= 0.3 is 0 Å². The molecule has 4 N–H and O–H groups in total. The Morgan fingerprint density at radius 1 is 1.16 bits per heavy atom. The van der Waals surface area contributed by atoms with E-state index in [1.807, 2.05) is 43.3 Å². The normalized spacial score (nSPS) is 13.8. The minimum absolute atomic E-state index is 0.163. The van der Waals surface area contributed by atoms with Crippen molar-refractivity contribution in [1.29, 1.82) is 5.41 Å². The van der Waals surface area contributed by atoms with Crippen molar-refractivity contribution in [3.63, 3.8) is 0 Å². The summed E-state index contributed by atoms with van der Waals surface area (Å²) in [6, 6.07) is 15.2. The minimum atomic E-state index is -0.486. The van der Waals surface area contributed by atoms with Gasteiger partial charge in [-0.25, -0.2) is 0 Å². The molecule has 0 aliphatic carbocycles. The van der Waals surface area contributed by atoms with E-state index in [9.17, 15) is 4.79 Å². The Labute approximate surface area is 182 Å². The van der Waals surface area contributed by atoms with Crippen LogP contribution in [0.25, 0.3) is 11.1 Å². The molecule has 0 unspecified atom stereocenters. The van der Waals surface area contributed by atoms with Gasteiger partial charge in [0.05, 0.1) is 0 Å². The maximum absolute atomic E-state index is 12.7. The van der Waals surface area contributed by atoms with Crippen molar-refractivity contribution in [2.24, 2.45) is 0 Å². The monoisotopic (exact) mass is 413 g/mol. The van der Waals surface area contributed by atoms with Crippen LogP contribution in [0.4, 0.5) is 11.4 Å². The first kappa shape index (κ1) is 20.8. The number of anilines is 2. The fourth-order valence-corrected chi connectivity index (χ4v) is 3.99. The van der Waals surface area contributed by atoms with Crippen molar-refractivity contribution in [2.45, 2.75) is 26.3 Å². The fourth-order valence-electron chi connectivity index (χ4n) is 3.99. The van der Waals surface area contributed by atoms with Crippen molar-refractivity contribution >= 4 is 23.0 Å². The topological polar surface area (TPSA) is 95.1 Å². The number of rotatable bonds is 6. The van der Waals surface area contributed by atoms with Crippen LogP contribution in [0.1, 0.15) is 29.5 Å². The lowest BCUT2D eigenvalue weighted by atomic mass is 9.95. The van der Waals surface area contributed by atoms with Gasteiger partial charge in [0.1, 0.15) is 5.71 Å². The van der Waals surface area contributed by atoms with Crippen LogP contribution in [0, 0.1) is 12.3 Å². The lowest BCUT2D eigenvalue weighted by molar-refractivity contribution is -0.110. The molecule has 31 heavy (non-hydrogen) atoms. The van der Waals surface area contributed by atoms with Crippen molar-refractivity contribution in [3.8, 4) is 11.1 Å². The average Bonchev–Trinajstić information content (AvgIpc) is 3.28. The molecule has 1 fully saturated rings. The van der Waals surface area contributed by atoms with Gasteiger partial charge < -0.3 is 11.1 Å². The number of nitrogens with two attached hydrogens (primary N) is 1. The van der Waals surface area contributed by atoms with Gasteiger partial charge in [-0.2, -0.15) is 0 Å². The predicted molar refractivity (Wildman–Crippen MR) is 125 cm³/mol. The van der Waals surface area contributed by atoms with E-state index in [2.05, 4.69) is 15.2 Å². The first-order valence-corrected chi connectivity index (χ1v) is 10.5. The molecular formula is C25H27N5O. The third-order valence-corrected chi connectivity index (χ3v) is 5.68. The summed E-state index contributed by atoms with van der Waals surface area (Å²) in [6.45, 7) is 5.18. The molecule has 1 amide bonds. The maximum Gasteiger partial charge on any atom is 0.274 e. The SMILES string of the molecule is Cc1cc(N)c(C(=N)C(=O)Nc2ccc(CN3CCCC3)cc2)cc1-c1cccnc1. The number of likely N-dealkylation sites (tertiary alicyclic amines) is 1. The first-order chi connectivity index (χ1) is 15.0. The molecule has 0 radical (unpaired) electrons. The van der Waals surface area contributed by atoms with Crippen LogP contribution < -0.4 is 11.1 Å².